The third kappa shape index (κ3) is 4.09. The van der Waals surface area contributed by atoms with Crippen molar-refractivity contribution < 1.29 is 9.59 Å². The highest BCUT2D eigenvalue weighted by Gasteiger charge is 2.36. The van der Waals surface area contributed by atoms with Gasteiger partial charge in [0.15, 0.2) is 0 Å². The van der Waals surface area contributed by atoms with Gasteiger partial charge in [0.05, 0.1) is 0 Å². The zero-order valence-corrected chi connectivity index (χ0v) is 15.9. The van der Waals surface area contributed by atoms with E-state index in [0.29, 0.717) is 31.6 Å². The van der Waals surface area contributed by atoms with Gasteiger partial charge in [-0.15, -0.1) is 0 Å². The van der Waals surface area contributed by atoms with Crippen molar-refractivity contribution in [1.29, 1.82) is 0 Å². The summed E-state index contributed by atoms with van der Waals surface area (Å²) in [7, 11) is 0. The maximum Gasteiger partial charge on any atom is 0.250 e. The van der Waals surface area contributed by atoms with Crippen molar-refractivity contribution >= 4 is 11.8 Å². The molecule has 4 rings (SSSR count). The zero-order valence-electron chi connectivity index (χ0n) is 15.9. The Morgan fingerprint density at radius 3 is 2.67 bits per heavy atom. The molecule has 0 spiro atoms. The van der Waals surface area contributed by atoms with Crippen LogP contribution >= 0.6 is 0 Å². The van der Waals surface area contributed by atoms with Crippen molar-refractivity contribution in [1.82, 2.24) is 14.8 Å². The molecule has 1 aliphatic carbocycles. The third-order valence-corrected chi connectivity index (χ3v) is 6.37. The molecule has 0 aromatic carbocycles. The Bertz CT molecular complexity index is 766. The first-order valence-electron chi connectivity index (χ1n) is 10.4. The van der Waals surface area contributed by atoms with Crippen LogP contribution in [0.15, 0.2) is 23.0 Å². The standard InChI is InChI=1S/C21H29N3O3/c25-19(22-17-5-2-1-3-6-17)9-10-20(26)23-12-15-11-16(14-23)18-7-4-8-21(27)24(18)13-15/h4,7-8,15-17H,1-3,5-6,9-14H2,(H,22,25)/t15-,16-/m0/s1. The summed E-state index contributed by atoms with van der Waals surface area (Å²) in [4.78, 5) is 38.9. The van der Waals surface area contributed by atoms with Crippen LogP contribution in [0.25, 0.3) is 0 Å². The number of fused-ring (bicyclic) bond motifs is 4. The molecule has 3 aliphatic rings. The number of carbonyl (C=O) groups excluding carboxylic acids is 2. The largest absolute Gasteiger partial charge is 0.353 e. The molecule has 2 amide bonds. The van der Waals surface area contributed by atoms with Crippen molar-refractivity contribution in [2.45, 2.75) is 69.9 Å². The fourth-order valence-corrected chi connectivity index (χ4v) is 5.03. The molecule has 0 unspecified atom stereocenters. The number of aromatic nitrogens is 1. The summed E-state index contributed by atoms with van der Waals surface area (Å²) in [6.07, 6.45) is 7.35. The van der Waals surface area contributed by atoms with Gasteiger partial charge >= 0.3 is 0 Å². The topological polar surface area (TPSA) is 71.4 Å². The molecule has 2 bridgehead atoms. The van der Waals surface area contributed by atoms with E-state index in [1.807, 2.05) is 21.6 Å². The molecule has 6 nitrogen and oxygen atoms in total. The number of nitrogens with zero attached hydrogens (tertiary/aromatic N) is 2. The molecule has 1 aromatic heterocycles. The second-order valence-corrected chi connectivity index (χ2v) is 8.40. The quantitative estimate of drug-likeness (QED) is 0.880. The number of hydrogen-bond acceptors (Lipinski definition) is 3. The highest BCUT2D eigenvalue weighted by Crippen LogP contribution is 2.35. The molecule has 146 valence electrons. The fraction of sp³-hybridized carbons (Fsp3) is 0.667. The molecule has 1 N–H and O–H groups in total. The lowest BCUT2D eigenvalue weighted by Crippen LogP contribution is -2.49. The van der Waals surface area contributed by atoms with Gasteiger partial charge in [0.25, 0.3) is 5.56 Å². The SMILES string of the molecule is O=C(CCC(=O)N1C[C@@H]2C[C@@H](C1)c1cccc(=O)n1C2)NC1CCCCC1. The smallest absolute Gasteiger partial charge is 0.250 e. The number of amides is 2. The number of piperidine rings is 1. The van der Waals surface area contributed by atoms with Crippen LogP contribution in [0.3, 0.4) is 0 Å². The van der Waals surface area contributed by atoms with E-state index in [1.165, 1.54) is 19.3 Å². The molecule has 1 aromatic rings. The van der Waals surface area contributed by atoms with Gasteiger partial charge in [-0.25, -0.2) is 0 Å². The van der Waals surface area contributed by atoms with Crippen LogP contribution in [0, 0.1) is 5.92 Å². The molecule has 1 saturated heterocycles. The van der Waals surface area contributed by atoms with Gasteiger partial charge < -0.3 is 14.8 Å². The van der Waals surface area contributed by atoms with Crippen molar-refractivity contribution in [2.75, 3.05) is 13.1 Å². The van der Waals surface area contributed by atoms with Crippen molar-refractivity contribution in [3.8, 4) is 0 Å². The van der Waals surface area contributed by atoms with Crippen molar-refractivity contribution in [3.05, 3.63) is 34.2 Å². The maximum absolute atomic E-state index is 12.7. The summed E-state index contributed by atoms with van der Waals surface area (Å²) in [5, 5.41) is 3.09. The normalized spacial score (nSPS) is 25.0. The van der Waals surface area contributed by atoms with Gasteiger partial charge in [0.1, 0.15) is 0 Å². The molecule has 3 heterocycles. The summed E-state index contributed by atoms with van der Waals surface area (Å²) < 4.78 is 1.87. The van der Waals surface area contributed by atoms with Gasteiger partial charge in [0.2, 0.25) is 11.8 Å². The van der Waals surface area contributed by atoms with E-state index in [0.717, 1.165) is 25.0 Å². The first-order valence-corrected chi connectivity index (χ1v) is 10.4. The monoisotopic (exact) mass is 371 g/mol. The van der Waals surface area contributed by atoms with E-state index in [9.17, 15) is 14.4 Å². The van der Waals surface area contributed by atoms with Crippen LogP contribution in [-0.2, 0) is 16.1 Å². The zero-order chi connectivity index (χ0) is 18.8. The van der Waals surface area contributed by atoms with Gasteiger partial charge in [-0.2, -0.15) is 0 Å². The highest BCUT2D eigenvalue weighted by atomic mass is 16.2. The Balaban J connectivity index is 1.31. The van der Waals surface area contributed by atoms with E-state index in [-0.39, 0.29) is 36.1 Å². The number of hydrogen-bond donors (Lipinski definition) is 1. The van der Waals surface area contributed by atoms with Crippen LogP contribution in [-0.4, -0.2) is 40.4 Å². The van der Waals surface area contributed by atoms with Crippen LogP contribution in [0.2, 0.25) is 0 Å². The number of rotatable bonds is 4. The van der Waals surface area contributed by atoms with Gasteiger partial charge in [-0.05, 0) is 31.2 Å². The minimum atomic E-state index is 0.00403. The Kier molecular flexibility index (Phi) is 5.32. The Hall–Kier alpha value is -2.11. The van der Waals surface area contributed by atoms with Gasteiger partial charge in [-0.3, -0.25) is 14.4 Å². The van der Waals surface area contributed by atoms with Crippen LogP contribution in [0.5, 0.6) is 0 Å². The predicted molar refractivity (Wildman–Crippen MR) is 102 cm³/mol. The first-order chi connectivity index (χ1) is 13.1. The molecule has 2 atom stereocenters. The fourth-order valence-electron chi connectivity index (χ4n) is 5.03. The van der Waals surface area contributed by atoms with Gasteiger partial charge in [0, 0.05) is 56.2 Å². The minimum Gasteiger partial charge on any atom is -0.353 e. The van der Waals surface area contributed by atoms with Gasteiger partial charge in [-0.1, -0.05) is 25.3 Å². The highest BCUT2D eigenvalue weighted by molar-refractivity contribution is 5.84. The molecule has 6 heteroatoms. The third-order valence-electron chi connectivity index (χ3n) is 6.37. The predicted octanol–water partition coefficient (Wildman–Crippen LogP) is 2.02. The summed E-state index contributed by atoms with van der Waals surface area (Å²) in [6.45, 7) is 2.04. The van der Waals surface area contributed by atoms with E-state index in [1.54, 1.807) is 6.07 Å². The lowest BCUT2D eigenvalue weighted by Gasteiger charge is -2.42. The van der Waals surface area contributed by atoms with Crippen molar-refractivity contribution in [2.24, 2.45) is 5.92 Å². The van der Waals surface area contributed by atoms with E-state index in [4.69, 9.17) is 0 Å². The molecular weight excluding hydrogens is 342 g/mol. The summed E-state index contributed by atoms with van der Waals surface area (Å²) in [5.74, 6) is 0.627. The second-order valence-electron chi connectivity index (χ2n) is 8.40. The molecule has 0 radical (unpaired) electrons. The summed E-state index contributed by atoms with van der Waals surface area (Å²) in [5.41, 5.74) is 1.10. The molecule has 1 saturated carbocycles. The lowest BCUT2D eigenvalue weighted by molar-refractivity contribution is -0.136. The van der Waals surface area contributed by atoms with E-state index >= 15 is 0 Å². The first kappa shape index (κ1) is 18.3. The van der Waals surface area contributed by atoms with E-state index < -0.39 is 0 Å². The Morgan fingerprint density at radius 1 is 1.04 bits per heavy atom. The second kappa shape index (κ2) is 7.87. The minimum absolute atomic E-state index is 0.00403. The Morgan fingerprint density at radius 2 is 1.85 bits per heavy atom. The molecular formula is C21H29N3O3. The summed E-state index contributed by atoms with van der Waals surface area (Å²) in [6, 6.07) is 5.72. The molecule has 2 aliphatic heterocycles. The Labute approximate surface area is 159 Å². The van der Waals surface area contributed by atoms with Crippen LogP contribution < -0.4 is 10.9 Å². The van der Waals surface area contributed by atoms with Crippen LogP contribution in [0.1, 0.15) is 63.0 Å². The average molecular weight is 371 g/mol. The lowest BCUT2D eigenvalue weighted by atomic mass is 9.83. The summed E-state index contributed by atoms with van der Waals surface area (Å²) >= 11 is 0. The number of nitrogens with one attached hydrogen (secondary N) is 1. The maximum atomic E-state index is 12.7. The van der Waals surface area contributed by atoms with Crippen LogP contribution in [0.4, 0.5) is 0 Å². The molecule has 2 fully saturated rings. The van der Waals surface area contributed by atoms with E-state index in [2.05, 4.69) is 5.32 Å². The number of pyridine rings is 1. The average Bonchev–Trinajstić information content (AvgIpc) is 2.67. The number of likely N-dealkylation sites (tertiary alicyclic amines) is 1. The number of carbonyl (C=O) groups is 2. The molecule has 27 heavy (non-hydrogen) atoms. The van der Waals surface area contributed by atoms with Crippen molar-refractivity contribution in [3.63, 3.8) is 0 Å².